The van der Waals surface area contributed by atoms with Crippen LogP contribution in [0.1, 0.15) is 40.7 Å². The number of allylic oxidation sites excluding steroid dienone is 1. The fourth-order valence-corrected chi connectivity index (χ4v) is 3.63. The minimum Gasteiger partial charge on any atom is -0.465 e. The summed E-state index contributed by atoms with van der Waals surface area (Å²) in [5.41, 5.74) is 3.54. The number of pyridine rings is 1. The summed E-state index contributed by atoms with van der Waals surface area (Å²) in [6, 6.07) is 10.3. The maximum absolute atomic E-state index is 13.0. The standard InChI is InChI=1S/C23H21N3O5/c1-2-24-23(29)26-19(27)13-31-22(28)20-16-7-3-4-8-18(16)25-21-14(9-10-17(20)21)12-15-6-5-11-30-15/h3-8,11-12H,2,9-10,13H2,1H3,(H2,24,26,27,29)/b14-12+. The maximum atomic E-state index is 13.0. The molecule has 0 aliphatic heterocycles. The number of hydrogen-bond acceptors (Lipinski definition) is 6. The first-order chi connectivity index (χ1) is 15.1. The van der Waals surface area contributed by atoms with E-state index in [-0.39, 0.29) is 0 Å². The van der Waals surface area contributed by atoms with Gasteiger partial charge < -0.3 is 14.5 Å². The molecule has 8 heteroatoms. The largest absolute Gasteiger partial charge is 0.465 e. The zero-order chi connectivity index (χ0) is 21.8. The summed E-state index contributed by atoms with van der Waals surface area (Å²) in [6.07, 6.45) is 4.85. The van der Waals surface area contributed by atoms with Crippen LogP contribution < -0.4 is 10.6 Å². The number of benzene rings is 1. The van der Waals surface area contributed by atoms with Crippen molar-refractivity contribution in [3.8, 4) is 0 Å². The van der Waals surface area contributed by atoms with Gasteiger partial charge in [-0.25, -0.2) is 14.6 Å². The Morgan fingerprint density at radius 1 is 1.16 bits per heavy atom. The molecule has 0 spiro atoms. The molecule has 8 nitrogen and oxygen atoms in total. The topological polar surface area (TPSA) is 111 Å². The van der Waals surface area contributed by atoms with E-state index in [1.54, 1.807) is 13.2 Å². The number of esters is 1. The number of ether oxygens (including phenoxy) is 1. The highest BCUT2D eigenvalue weighted by atomic mass is 16.5. The van der Waals surface area contributed by atoms with Gasteiger partial charge in [-0.2, -0.15) is 0 Å². The van der Waals surface area contributed by atoms with Crippen LogP contribution in [0.2, 0.25) is 0 Å². The Bertz CT molecular complexity index is 1180. The van der Waals surface area contributed by atoms with E-state index in [0.717, 1.165) is 16.8 Å². The lowest BCUT2D eigenvalue weighted by Gasteiger charge is -2.12. The third-order valence-corrected chi connectivity index (χ3v) is 4.93. The normalized spacial score (nSPS) is 13.8. The van der Waals surface area contributed by atoms with Gasteiger partial charge in [0.2, 0.25) is 0 Å². The number of amides is 3. The summed E-state index contributed by atoms with van der Waals surface area (Å²) in [4.78, 5) is 41.1. The summed E-state index contributed by atoms with van der Waals surface area (Å²) in [6.45, 7) is 1.55. The Balaban J connectivity index is 1.64. The molecule has 0 saturated heterocycles. The van der Waals surface area contributed by atoms with Crippen molar-refractivity contribution in [2.24, 2.45) is 0 Å². The van der Waals surface area contributed by atoms with E-state index >= 15 is 0 Å². The van der Waals surface area contributed by atoms with E-state index in [4.69, 9.17) is 14.1 Å². The van der Waals surface area contributed by atoms with Crippen LogP contribution in [0.5, 0.6) is 0 Å². The number of nitrogens with zero attached hydrogens (tertiary/aromatic N) is 1. The minimum atomic E-state index is -0.701. The predicted octanol–water partition coefficient (Wildman–Crippen LogP) is 3.32. The second kappa shape index (κ2) is 8.83. The number of carbonyl (C=O) groups excluding carboxylic acids is 3. The van der Waals surface area contributed by atoms with Crippen LogP contribution >= 0.6 is 0 Å². The molecule has 0 atom stereocenters. The number of fused-ring (bicyclic) bond motifs is 2. The average molecular weight is 419 g/mol. The number of hydrogen-bond donors (Lipinski definition) is 2. The smallest absolute Gasteiger partial charge is 0.339 e. The molecule has 158 valence electrons. The number of furan rings is 1. The lowest BCUT2D eigenvalue weighted by molar-refractivity contribution is -0.123. The van der Waals surface area contributed by atoms with Crippen molar-refractivity contribution in [2.75, 3.05) is 13.2 Å². The van der Waals surface area contributed by atoms with E-state index < -0.39 is 24.5 Å². The summed E-state index contributed by atoms with van der Waals surface area (Å²) in [7, 11) is 0. The highest BCUT2D eigenvalue weighted by molar-refractivity contribution is 6.07. The van der Waals surface area contributed by atoms with Crippen LogP contribution in [0.15, 0.2) is 47.1 Å². The lowest BCUT2D eigenvalue weighted by Crippen LogP contribution is -2.41. The van der Waals surface area contributed by atoms with Gasteiger partial charge in [0.1, 0.15) is 5.76 Å². The molecule has 0 bridgehead atoms. The molecule has 31 heavy (non-hydrogen) atoms. The molecule has 0 saturated carbocycles. The second-order valence-corrected chi connectivity index (χ2v) is 7.00. The van der Waals surface area contributed by atoms with Gasteiger partial charge in [-0.15, -0.1) is 0 Å². The first-order valence-corrected chi connectivity index (χ1v) is 9.97. The molecule has 0 fully saturated rings. The summed E-state index contributed by atoms with van der Waals surface area (Å²) < 4.78 is 10.7. The number of nitrogens with one attached hydrogen (secondary N) is 2. The van der Waals surface area contributed by atoms with Crippen molar-refractivity contribution >= 4 is 40.5 Å². The van der Waals surface area contributed by atoms with E-state index in [0.29, 0.717) is 41.6 Å². The predicted molar refractivity (Wildman–Crippen MR) is 114 cm³/mol. The number of urea groups is 1. The third-order valence-electron chi connectivity index (χ3n) is 4.93. The van der Waals surface area contributed by atoms with Crippen LogP contribution in [0.25, 0.3) is 22.6 Å². The van der Waals surface area contributed by atoms with Crippen molar-refractivity contribution in [3.63, 3.8) is 0 Å². The summed E-state index contributed by atoms with van der Waals surface area (Å²) in [5, 5.41) is 5.22. The third kappa shape index (κ3) is 4.32. The van der Waals surface area contributed by atoms with Crippen LogP contribution in [0.3, 0.4) is 0 Å². The van der Waals surface area contributed by atoms with Crippen molar-refractivity contribution in [1.29, 1.82) is 0 Å². The van der Waals surface area contributed by atoms with Crippen LogP contribution in [0.4, 0.5) is 4.79 Å². The van der Waals surface area contributed by atoms with E-state index in [9.17, 15) is 14.4 Å². The molecule has 1 aliphatic rings. The molecule has 3 aromatic rings. The molecule has 2 aromatic heterocycles. The van der Waals surface area contributed by atoms with Gasteiger partial charge in [0.15, 0.2) is 6.61 Å². The number of rotatable bonds is 5. The second-order valence-electron chi connectivity index (χ2n) is 7.00. The molecular formula is C23H21N3O5. The summed E-state index contributed by atoms with van der Waals surface area (Å²) in [5.74, 6) is -0.614. The van der Waals surface area contributed by atoms with Crippen molar-refractivity contribution in [1.82, 2.24) is 15.6 Å². The Kier molecular flexibility index (Phi) is 5.79. The Morgan fingerprint density at radius 3 is 2.77 bits per heavy atom. The highest BCUT2D eigenvalue weighted by Crippen LogP contribution is 2.37. The van der Waals surface area contributed by atoms with E-state index in [2.05, 4.69) is 10.6 Å². The van der Waals surface area contributed by atoms with Crippen molar-refractivity contribution in [3.05, 3.63) is 65.2 Å². The molecule has 4 rings (SSSR count). The fourth-order valence-electron chi connectivity index (χ4n) is 3.63. The molecule has 2 heterocycles. The van der Waals surface area contributed by atoms with Crippen molar-refractivity contribution < 1.29 is 23.5 Å². The van der Waals surface area contributed by atoms with E-state index in [1.165, 1.54) is 0 Å². The highest BCUT2D eigenvalue weighted by Gasteiger charge is 2.28. The number of para-hydroxylation sites is 1. The quantitative estimate of drug-likeness (QED) is 0.614. The number of carbonyl (C=O) groups is 3. The van der Waals surface area contributed by atoms with Gasteiger partial charge in [-0.3, -0.25) is 10.1 Å². The molecular weight excluding hydrogens is 398 g/mol. The first-order valence-electron chi connectivity index (χ1n) is 9.97. The zero-order valence-electron chi connectivity index (χ0n) is 16.9. The van der Waals surface area contributed by atoms with Crippen LogP contribution in [0, 0.1) is 0 Å². The Hall–Kier alpha value is -3.94. The Labute approximate surface area is 178 Å². The molecule has 2 N–H and O–H groups in total. The summed E-state index contributed by atoms with van der Waals surface area (Å²) >= 11 is 0. The van der Waals surface area contributed by atoms with Gasteiger partial charge in [-0.05, 0) is 55.2 Å². The fraction of sp³-hybridized carbons (Fsp3) is 0.217. The minimum absolute atomic E-state index is 0.377. The van der Waals surface area contributed by atoms with Crippen LogP contribution in [-0.4, -0.2) is 36.0 Å². The number of imide groups is 1. The average Bonchev–Trinajstić information content (AvgIpc) is 3.41. The monoisotopic (exact) mass is 419 g/mol. The van der Waals surface area contributed by atoms with Gasteiger partial charge >= 0.3 is 12.0 Å². The SMILES string of the molecule is CCNC(=O)NC(=O)COC(=O)c1c2c(nc3ccccc13)/C(=C/c1ccco1)CC2. The van der Waals surface area contributed by atoms with Crippen LogP contribution in [-0.2, 0) is 16.0 Å². The maximum Gasteiger partial charge on any atom is 0.339 e. The van der Waals surface area contributed by atoms with Gasteiger partial charge in [0.25, 0.3) is 5.91 Å². The number of aromatic nitrogens is 1. The zero-order valence-corrected chi connectivity index (χ0v) is 16.9. The molecule has 0 radical (unpaired) electrons. The van der Waals surface area contributed by atoms with Gasteiger partial charge in [-0.1, -0.05) is 18.2 Å². The molecule has 1 aliphatic carbocycles. The van der Waals surface area contributed by atoms with E-state index in [1.807, 2.05) is 42.5 Å². The lowest BCUT2D eigenvalue weighted by atomic mass is 10.0. The van der Waals surface area contributed by atoms with Gasteiger partial charge in [0.05, 0.1) is 23.0 Å². The first kappa shape index (κ1) is 20.3. The van der Waals surface area contributed by atoms with Crippen molar-refractivity contribution in [2.45, 2.75) is 19.8 Å². The molecule has 0 unspecified atom stereocenters. The van der Waals surface area contributed by atoms with Gasteiger partial charge in [0, 0.05) is 11.9 Å². The molecule has 1 aromatic carbocycles. The molecule has 3 amide bonds. The Morgan fingerprint density at radius 2 is 2.00 bits per heavy atom.